The molecule has 0 spiro atoms. The highest BCUT2D eigenvalue weighted by atomic mass is 19.1. The lowest BCUT2D eigenvalue weighted by Gasteiger charge is -2.32. The molecule has 5 nitrogen and oxygen atoms in total. The number of phenols is 1. The number of halogens is 1. The van der Waals surface area contributed by atoms with E-state index in [0.29, 0.717) is 44.5 Å². The summed E-state index contributed by atoms with van der Waals surface area (Å²) in [7, 11) is 0. The zero-order valence-corrected chi connectivity index (χ0v) is 21.9. The molecule has 0 saturated carbocycles. The first-order chi connectivity index (χ1) is 16.3. The predicted molar refractivity (Wildman–Crippen MR) is 137 cm³/mol. The minimum Gasteiger partial charge on any atom is -0.507 e. The van der Waals surface area contributed by atoms with Crippen LogP contribution in [0.3, 0.4) is 0 Å². The van der Waals surface area contributed by atoms with Gasteiger partial charge in [-0.2, -0.15) is 0 Å². The topological polar surface area (TPSA) is 69.6 Å². The van der Waals surface area contributed by atoms with E-state index in [0.717, 1.165) is 16.7 Å². The molecule has 190 valence electrons. The largest absolute Gasteiger partial charge is 0.507 e. The first-order valence-electron chi connectivity index (χ1n) is 12.5. The molecule has 1 aliphatic rings. The van der Waals surface area contributed by atoms with Gasteiger partial charge in [-0.3, -0.25) is 9.59 Å². The van der Waals surface area contributed by atoms with E-state index in [2.05, 4.69) is 46.9 Å². The minimum atomic E-state index is -0.508. The average Bonchev–Trinajstić information content (AvgIpc) is 2.77. The number of piperidine rings is 1. The maximum Gasteiger partial charge on any atom is 0.256 e. The number of hydrogen-bond acceptors (Lipinski definition) is 3. The van der Waals surface area contributed by atoms with Crippen LogP contribution < -0.4 is 5.32 Å². The Morgan fingerprint density at radius 2 is 1.54 bits per heavy atom. The van der Waals surface area contributed by atoms with Crippen molar-refractivity contribution in [3.63, 3.8) is 0 Å². The summed E-state index contributed by atoms with van der Waals surface area (Å²) in [6, 6.07) is 10.1. The summed E-state index contributed by atoms with van der Waals surface area (Å²) in [6.45, 7) is 13.4. The number of benzene rings is 2. The molecule has 1 heterocycles. The first kappa shape index (κ1) is 26.7. The second-order valence-corrected chi connectivity index (χ2v) is 11.7. The van der Waals surface area contributed by atoms with Crippen molar-refractivity contribution < 1.29 is 19.1 Å². The van der Waals surface area contributed by atoms with Gasteiger partial charge in [0.1, 0.15) is 11.6 Å². The van der Waals surface area contributed by atoms with Crippen LogP contribution in [-0.4, -0.2) is 41.0 Å². The summed E-state index contributed by atoms with van der Waals surface area (Å²) >= 11 is 0. The lowest BCUT2D eigenvalue weighted by molar-refractivity contribution is -0.122. The van der Waals surface area contributed by atoms with E-state index in [1.807, 2.05) is 12.1 Å². The summed E-state index contributed by atoms with van der Waals surface area (Å²) in [4.78, 5) is 27.0. The van der Waals surface area contributed by atoms with E-state index in [4.69, 9.17) is 0 Å². The minimum absolute atomic E-state index is 0.00209. The van der Waals surface area contributed by atoms with Crippen molar-refractivity contribution >= 4 is 11.8 Å². The third-order valence-corrected chi connectivity index (χ3v) is 6.68. The average molecular weight is 483 g/mol. The zero-order valence-electron chi connectivity index (χ0n) is 21.9. The van der Waals surface area contributed by atoms with Crippen molar-refractivity contribution in [3.05, 3.63) is 64.5 Å². The van der Waals surface area contributed by atoms with Crippen LogP contribution in [-0.2, 0) is 22.0 Å². The molecular formula is C29H39FN2O3. The van der Waals surface area contributed by atoms with E-state index < -0.39 is 5.82 Å². The maximum atomic E-state index is 14.0. The summed E-state index contributed by atoms with van der Waals surface area (Å²) in [5.41, 5.74) is 2.50. The summed E-state index contributed by atoms with van der Waals surface area (Å²) < 4.78 is 14.0. The van der Waals surface area contributed by atoms with Gasteiger partial charge in [0.15, 0.2) is 0 Å². The Labute approximate surface area is 208 Å². The Hall–Kier alpha value is -2.89. The van der Waals surface area contributed by atoms with Gasteiger partial charge >= 0.3 is 0 Å². The molecule has 0 aromatic heterocycles. The molecule has 0 radical (unpaired) electrons. The van der Waals surface area contributed by atoms with Crippen LogP contribution in [0.4, 0.5) is 4.39 Å². The second kappa shape index (κ2) is 10.4. The Morgan fingerprint density at radius 1 is 1.00 bits per heavy atom. The summed E-state index contributed by atoms with van der Waals surface area (Å²) in [6.07, 6.45) is 2.23. The zero-order chi connectivity index (χ0) is 26.0. The highest BCUT2D eigenvalue weighted by Crippen LogP contribution is 2.40. The Bertz CT molecular complexity index is 1040. The number of aryl methyl sites for hydroxylation is 1. The number of carbonyl (C=O) groups excluding carboxylic acids is 2. The van der Waals surface area contributed by atoms with E-state index in [1.165, 1.54) is 12.1 Å². The molecule has 2 aromatic rings. The van der Waals surface area contributed by atoms with E-state index >= 15 is 0 Å². The van der Waals surface area contributed by atoms with Gasteiger partial charge in [0, 0.05) is 25.6 Å². The first-order valence-corrected chi connectivity index (χ1v) is 12.5. The number of aromatic hydroxyl groups is 1. The second-order valence-electron chi connectivity index (χ2n) is 11.7. The fourth-order valence-electron chi connectivity index (χ4n) is 4.57. The van der Waals surface area contributed by atoms with Crippen LogP contribution in [0, 0.1) is 5.82 Å². The molecule has 35 heavy (non-hydrogen) atoms. The smallest absolute Gasteiger partial charge is 0.256 e. The van der Waals surface area contributed by atoms with E-state index in [9.17, 15) is 19.1 Å². The summed E-state index contributed by atoms with van der Waals surface area (Å²) in [5, 5.41) is 14.0. The Morgan fingerprint density at radius 3 is 2.06 bits per heavy atom. The van der Waals surface area contributed by atoms with Gasteiger partial charge in [0.05, 0.1) is 5.56 Å². The van der Waals surface area contributed by atoms with Gasteiger partial charge in [0.25, 0.3) is 5.91 Å². The highest BCUT2D eigenvalue weighted by molar-refractivity contribution is 5.94. The number of likely N-dealkylation sites (tertiary alicyclic amines) is 1. The monoisotopic (exact) mass is 482 g/mol. The van der Waals surface area contributed by atoms with Crippen molar-refractivity contribution in [3.8, 4) is 5.75 Å². The number of hydrogen-bond donors (Lipinski definition) is 2. The molecule has 0 bridgehead atoms. The number of carbonyl (C=O) groups is 2. The molecule has 6 heteroatoms. The van der Waals surface area contributed by atoms with Gasteiger partial charge in [0.2, 0.25) is 5.91 Å². The fraction of sp³-hybridized carbons (Fsp3) is 0.517. The quantitative estimate of drug-likeness (QED) is 0.593. The van der Waals surface area contributed by atoms with Crippen molar-refractivity contribution in [2.24, 2.45) is 0 Å². The summed E-state index contributed by atoms with van der Waals surface area (Å²) in [5.74, 6) is -0.489. The van der Waals surface area contributed by atoms with Gasteiger partial charge in [-0.1, -0.05) is 65.8 Å². The molecule has 2 N–H and O–H groups in total. The Balaban J connectivity index is 1.58. The Kier molecular flexibility index (Phi) is 7.93. The van der Waals surface area contributed by atoms with Gasteiger partial charge < -0.3 is 15.3 Å². The number of nitrogens with one attached hydrogen (secondary N) is 1. The molecule has 0 atom stereocenters. The molecule has 0 aliphatic carbocycles. The maximum absolute atomic E-state index is 14.0. The lowest BCUT2D eigenvalue weighted by atomic mass is 9.78. The third-order valence-electron chi connectivity index (χ3n) is 6.68. The van der Waals surface area contributed by atoms with Gasteiger partial charge in [-0.25, -0.2) is 4.39 Å². The van der Waals surface area contributed by atoms with E-state index in [1.54, 1.807) is 17.0 Å². The SMILES string of the molecule is CC(C)(C)c1cc(CCC(=O)NC2CCN(C(=O)c3ccccc3F)CC2)cc(C(C)(C)C)c1O. The standard InChI is InChI=1S/C29H39FN2O3/c1-28(2,3)22-17-19(18-23(26(22)34)29(4,5)6)11-12-25(33)31-20-13-15-32(16-14-20)27(35)21-9-7-8-10-24(21)30/h7-10,17-18,20,34H,11-16H2,1-6H3,(H,31,33). The van der Waals surface area contributed by atoms with Crippen molar-refractivity contribution in [2.75, 3.05) is 13.1 Å². The van der Waals surface area contributed by atoms with E-state index in [-0.39, 0.29) is 34.2 Å². The number of amides is 2. The molecule has 1 fully saturated rings. The van der Waals surface area contributed by atoms with Crippen molar-refractivity contribution in [2.45, 2.75) is 84.1 Å². The van der Waals surface area contributed by atoms with Gasteiger partial charge in [-0.05, 0) is 58.9 Å². The van der Waals surface area contributed by atoms with Crippen molar-refractivity contribution in [1.82, 2.24) is 10.2 Å². The van der Waals surface area contributed by atoms with Crippen LogP contribution in [0.5, 0.6) is 5.75 Å². The van der Waals surface area contributed by atoms with Crippen LogP contribution in [0.1, 0.15) is 87.9 Å². The number of phenolic OH excluding ortho intramolecular Hbond substituents is 1. The fourth-order valence-corrected chi connectivity index (χ4v) is 4.57. The molecule has 2 aromatic carbocycles. The lowest BCUT2D eigenvalue weighted by Crippen LogP contribution is -2.46. The molecule has 1 aliphatic heterocycles. The highest BCUT2D eigenvalue weighted by Gasteiger charge is 2.28. The molecule has 2 amide bonds. The normalized spacial score (nSPS) is 15.2. The van der Waals surface area contributed by atoms with Crippen LogP contribution in [0.2, 0.25) is 0 Å². The third kappa shape index (κ3) is 6.62. The van der Waals surface area contributed by atoms with Crippen LogP contribution in [0.15, 0.2) is 36.4 Å². The van der Waals surface area contributed by atoms with Crippen molar-refractivity contribution in [1.29, 1.82) is 0 Å². The molecule has 0 unspecified atom stereocenters. The van der Waals surface area contributed by atoms with Crippen LogP contribution >= 0.6 is 0 Å². The molecular weight excluding hydrogens is 443 g/mol. The van der Waals surface area contributed by atoms with Gasteiger partial charge in [-0.15, -0.1) is 0 Å². The van der Waals surface area contributed by atoms with Crippen LogP contribution in [0.25, 0.3) is 0 Å². The number of rotatable bonds is 5. The molecule has 3 rings (SSSR count). The predicted octanol–water partition coefficient (Wildman–Crippen LogP) is 5.48. The number of nitrogens with zero attached hydrogens (tertiary/aromatic N) is 1. The molecule has 1 saturated heterocycles.